The first-order chi connectivity index (χ1) is 10.7. The number of nitrogens with zero attached hydrogens (tertiary/aromatic N) is 3. The number of amides is 1. The van der Waals surface area contributed by atoms with Crippen LogP contribution >= 0.6 is 0 Å². The van der Waals surface area contributed by atoms with E-state index >= 15 is 0 Å². The fourth-order valence-corrected chi connectivity index (χ4v) is 3.48. The van der Waals surface area contributed by atoms with Crippen LogP contribution < -0.4 is 0 Å². The number of hydrogen-bond acceptors (Lipinski definition) is 2. The second-order valence-electron chi connectivity index (χ2n) is 6.04. The molecular formula is C18H23N3O. The smallest absolute Gasteiger partial charge is 0.245 e. The van der Waals surface area contributed by atoms with Gasteiger partial charge in [0.05, 0.1) is 11.2 Å². The van der Waals surface area contributed by atoms with E-state index in [1.54, 1.807) is 0 Å². The van der Waals surface area contributed by atoms with Gasteiger partial charge < -0.3 is 4.90 Å². The van der Waals surface area contributed by atoms with Crippen LogP contribution in [0.15, 0.2) is 36.9 Å². The molecule has 4 heteroatoms. The van der Waals surface area contributed by atoms with E-state index in [2.05, 4.69) is 30.8 Å². The normalized spacial score (nSPS) is 17.2. The molecule has 0 spiro atoms. The minimum atomic E-state index is 0.0572. The predicted molar refractivity (Wildman–Crippen MR) is 88.7 cm³/mol. The number of hydrogen-bond donors (Lipinski definition) is 0. The van der Waals surface area contributed by atoms with Crippen molar-refractivity contribution in [3.05, 3.63) is 42.6 Å². The summed E-state index contributed by atoms with van der Waals surface area (Å²) in [6, 6.07) is 8.44. The van der Waals surface area contributed by atoms with Gasteiger partial charge in [0, 0.05) is 31.4 Å². The Morgan fingerprint density at radius 1 is 1.27 bits per heavy atom. The number of likely N-dealkylation sites (tertiary alicyclic amines) is 1. The van der Waals surface area contributed by atoms with E-state index in [4.69, 9.17) is 5.10 Å². The van der Waals surface area contributed by atoms with Crippen LogP contribution in [0.25, 0.3) is 10.9 Å². The van der Waals surface area contributed by atoms with Crippen molar-refractivity contribution in [3.8, 4) is 0 Å². The van der Waals surface area contributed by atoms with Crippen LogP contribution in [0.5, 0.6) is 0 Å². The molecule has 0 N–H and O–H groups in total. The van der Waals surface area contributed by atoms with Crippen molar-refractivity contribution in [2.75, 3.05) is 13.1 Å². The summed E-state index contributed by atoms with van der Waals surface area (Å²) in [6.45, 7) is 5.24. The summed E-state index contributed by atoms with van der Waals surface area (Å²) in [6.07, 6.45) is 5.64. The van der Waals surface area contributed by atoms with Gasteiger partial charge in [0.1, 0.15) is 0 Å². The summed E-state index contributed by atoms with van der Waals surface area (Å²) < 4.78 is 1.98. The van der Waals surface area contributed by atoms with Gasteiger partial charge in [-0.25, -0.2) is 0 Å². The molecule has 1 aliphatic rings. The molecule has 0 saturated carbocycles. The summed E-state index contributed by atoms with van der Waals surface area (Å²) >= 11 is 0. The van der Waals surface area contributed by atoms with Gasteiger partial charge in [-0.3, -0.25) is 9.48 Å². The fraction of sp³-hybridized carbons (Fsp3) is 0.444. The zero-order chi connectivity index (χ0) is 15.5. The van der Waals surface area contributed by atoms with Crippen LogP contribution in [-0.4, -0.2) is 33.7 Å². The monoisotopic (exact) mass is 297 g/mol. The Balaban J connectivity index is 1.78. The molecule has 1 fully saturated rings. The molecule has 22 heavy (non-hydrogen) atoms. The van der Waals surface area contributed by atoms with Crippen LogP contribution in [0.4, 0.5) is 0 Å². The molecule has 0 aliphatic carbocycles. The van der Waals surface area contributed by atoms with Gasteiger partial charge in [-0.05, 0) is 37.8 Å². The van der Waals surface area contributed by atoms with Crippen molar-refractivity contribution in [1.82, 2.24) is 14.7 Å². The summed E-state index contributed by atoms with van der Waals surface area (Å²) in [5, 5.41) is 6.05. The zero-order valence-corrected chi connectivity index (χ0v) is 13.2. The molecule has 4 nitrogen and oxygen atoms in total. The maximum atomic E-state index is 11.8. The summed E-state index contributed by atoms with van der Waals surface area (Å²) in [5.74, 6) is 0.550. The van der Waals surface area contributed by atoms with Crippen LogP contribution in [0.1, 0.15) is 37.3 Å². The molecule has 0 unspecified atom stereocenters. The average Bonchev–Trinajstić information content (AvgIpc) is 2.84. The SMILES string of the molecule is C=CC(=O)N1CCCC(c2nn(C)c3ccccc23)CCC1. The summed E-state index contributed by atoms with van der Waals surface area (Å²) in [7, 11) is 2.01. The van der Waals surface area contributed by atoms with Crippen molar-refractivity contribution in [2.45, 2.75) is 31.6 Å². The molecule has 1 amide bonds. The molecule has 1 aromatic carbocycles. The lowest BCUT2D eigenvalue weighted by Crippen LogP contribution is -2.33. The number of carbonyl (C=O) groups excluding carboxylic acids is 1. The number of rotatable bonds is 2. The first-order valence-corrected chi connectivity index (χ1v) is 8.03. The minimum absolute atomic E-state index is 0.0572. The van der Waals surface area contributed by atoms with Gasteiger partial charge >= 0.3 is 0 Å². The number of aryl methyl sites for hydroxylation is 1. The van der Waals surface area contributed by atoms with Crippen molar-refractivity contribution >= 4 is 16.8 Å². The molecule has 2 aromatic rings. The largest absolute Gasteiger partial charge is 0.339 e. The van der Waals surface area contributed by atoms with Crippen molar-refractivity contribution in [2.24, 2.45) is 7.05 Å². The van der Waals surface area contributed by atoms with E-state index in [-0.39, 0.29) is 5.91 Å². The highest BCUT2D eigenvalue weighted by Gasteiger charge is 2.22. The first-order valence-electron chi connectivity index (χ1n) is 8.03. The Hall–Kier alpha value is -2.10. The zero-order valence-electron chi connectivity index (χ0n) is 13.2. The molecule has 3 rings (SSSR count). The van der Waals surface area contributed by atoms with Crippen LogP contribution in [-0.2, 0) is 11.8 Å². The van der Waals surface area contributed by atoms with E-state index in [9.17, 15) is 4.79 Å². The van der Waals surface area contributed by atoms with E-state index in [1.165, 1.54) is 22.7 Å². The molecule has 0 bridgehead atoms. The molecule has 1 aromatic heterocycles. The van der Waals surface area contributed by atoms with Crippen molar-refractivity contribution in [3.63, 3.8) is 0 Å². The molecule has 0 radical (unpaired) electrons. The number of fused-ring (bicyclic) bond motifs is 1. The Labute approximate surface area is 131 Å². The summed E-state index contributed by atoms with van der Waals surface area (Å²) in [4.78, 5) is 13.7. The first kappa shape index (κ1) is 14.8. The van der Waals surface area contributed by atoms with Gasteiger partial charge in [0.15, 0.2) is 0 Å². The number of benzene rings is 1. The highest BCUT2D eigenvalue weighted by molar-refractivity contribution is 5.87. The molecular weight excluding hydrogens is 274 g/mol. The highest BCUT2D eigenvalue weighted by Crippen LogP contribution is 2.32. The molecule has 1 saturated heterocycles. The van der Waals surface area contributed by atoms with Gasteiger partial charge in [-0.15, -0.1) is 0 Å². The number of para-hydroxylation sites is 1. The van der Waals surface area contributed by atoms with Gasteiger partial charge in [-0.2, -0.15) is 5.10 Å². The van der Waals surface area contributed by atoms with E-state index in [1.807, 2.05) is 16.6 Å². The molecule has 0 atom stereocenters. The predicted octanol–water partition coefficient (Wildman–Crippen LogP) is 3.25. The lowest BCUT2D eigenvalue weighted by Gasteiger charge is -2.26. The van der Waals surface area contributed by atoms with Crippen LogP contribution in [0, 0.1) is 0 Å². The van der Waals surface area contributed by atoms with Gasteiger partial charge in [0.2, 0.25) is 5.91 Å². The van der Waals surface area contributed by atoms with Crippen molar-refractivity contribution < 1.29 is 4.79 Å². The highest BCUT2D eigenvalue weighted by atomic mass is 16.2. The fourth-order valence-electron chi connectivity index (χ4n) is 3.48. The topological polar surface area (TPSA) is 38.1 Å². The Morgan fingerprint density at radius 3 is 2.64 bits per heavy atom. The van der Waals surface area contributed by atoms with E-state index in [0.717, 1.165) is 38.8 Å². The molecule has 116 valence electrons. The minimum Gasteiger partial charge on any atom is -0.339 e. The van der Waals surface area contributed by atoms with Crippen LogP contribution in [0.2, 0.25) is 0 Å². The lowest BCUT2D eigenvalue weighted by molar-refractivity contribution is -0.126. The number of aromatic nitrogens is 2. The molecule has 2 heterocycles. The third kappa shape index (κ3) is 2.78. The maximum Gasteiger partial charge on any atom is 0.245 e. The maximum absolute atomic E-state index is 11.8. The summed E-state index contributed by atoms with van der Waals surface area (Å²) in [5.41, 5.74) is 2.42. The third-order valence-electron chi connectivity index (χ3n) is 4.62. The van der Waals surface area contributed by atoms with Crippen LogP contribution in [0.3, 0.4) is 0 Å². The number of carbonyl (C=O) groups is 1. The van der Waals surface area contributed by atoms with Crippen molar-refractivity contribution in [1.29, 1.82) is 0 Å². The van der Waals surface area contributed by atoms with E-state index in [0.29, 0.717) is 5.92 Å². The quantitative estimate of drug-likeness (QED) is 0.798. The Morgan fingerprint density at radius 2 is 1.95 bits per heavy atom. The second kappa shape index (κ2) is 6.34. The lowest BCUT2D eigenvalue weighted by atomic mass is 9.90. The van der Waals surface area contributed by atoms with Gasteiger partial charge in [-0.1, -0.05) is 24.8 Å². The molecule has 1 aliphatic heterocycles. The van der Waals surface area contributed by atoms with E-state index < -0.39 is 0 Å². The average molecular weight is 297 g/mol. The third-order valence-corrected chi connectivity index (χ3v) is 4.62. The standard InChI is InChI=1S/C18H23N3O/c1-3-17(22)21-12-6-8-14(9-7-13-21)18-15-10-4-5-11-16(15)20(2)19-18/h3-5,10-11,14H,1,6-9,12-13H2,2H3. The van der Waals surface area contributed by atoms with Gasteiger partial charge in [0.25, 0.3) is 0 Å². The Kier molecular flexibility index (Phi) is 4.27. The Bertz CT molecular complexity index is 679. The second-order valence-corrected chi connectivity index (χ2v) is 6.04.